The van der Waals surface area contributed by atoms with Crippen molar-refractivity contribution in [3.8, 4) is 11.3 Å². The number of carbonyl (C=O) groups excluding carboxylic acids is 1. The van der Waals surface area contributed by atoms with Crippen LogP contribution in [0.2, 0.25) is 0 Å². The first kappa shape index (κ1) is 17.4. The summed E-state index contributed by atoms with van der Waals surface area (Å²) in [5.41, 5.74) is 3.46. The standard InChI is InChI=1S/C25H26N2O/c1-16(21-14-17-11-12-19(21)13-17)26-25(28)22-15-24(18-7-3-2-4-8-18)27-23-10-6-5-9-20(22)23/h2-10,15-17,19,21H,11-14H2,1H3,(H,26,28). The molecular weight excluding hydrogens is 344 g/mol. The SMILES string of the molecule is CC(NC(=O)c1cc(-c2ccccc2)nc2ccccc12)C1CC2CCC1C2. The Hall–Kier alpha value is -2.68. The molecule has 3 aromatic rings. The van der Waals surface area contributed by atoms with Crippen LogP contribution in [0.4, 0.5) is 0 Å². The molecule has 2 aromatic carbocycles. The van der Waals surface area contributed by atoms with Crippen molar-refractivity contribution in [2.75, 3.05) is 0 Å². The fraction of sp³-hybridized carbons (Fsp3) is 0.360. The van der Waals surface area contributed by atoms with Gasteiger partial charge in [-0.2, -0.15) is 0 Å². The van der Waals surface area contributed by atoms with Crippen molar-refractivity contribution < 1.29 is 4.79 Å². The summed E-state index contributed by atoms with van der Waals surface area (Å²) in [6, 6.07) is 20.2. The summed E-state index contributed by atoms with van der Waals surface area (Å²) in [6.45, 7) is 2.19. The van der Waals surface area contributed by atoms with Crippen LogP contribution in [0.1, 0.15) is 43.0 Å². The van der Waals surface area contributed by atoms with Crippen LogP contribution < -0.4 is 5.32 Å². The minimum Gasteiger partial charge on any atom is -0.349 e. The van der Waals surface area contributed by atoms with Crippen molar-refractivity contribution in [3.63, 3.8) is 0 Å². The second kappa shape index (κ2) is 7.05. The third-order valence-corrected chi connectivity index (χ3v) is 6.82. The fourth-order valence-electron chi connectivity index (χ4n) is 5.42. The van der Waals surface area contributed by atoms with Gasteiger partial charge >= 0.3 is 0 Å². The molecular formula is C25H26N2O. The van der Waals surface area contributed by atoms with Gasteiger partial charge in [0, 0.05) is 17.0 Å². The molecule has 1 aromatic heterocycles. The number of fused-ring (bicyclic) bond motifs is 3. The molecule has 5 rings (SSSR count). The Morgan fingerprint density at radius 1 is 1.04 bits per heavy atom. The number of pyridine rings is 1. The van der Waals surface area contributed by atoms with Gasteiger partial charge in [-0.1, -0.05) is 55.0 Å². The fourth-order valence-corrected chi connectivity index (χ4v) is 5.42. The third kappa shape index (κ3) is 3.09. The molecule has 3 nitrogen and oxygen atoms in total. The summed E-state index contributed by atoms with van der Waals surface area (Å²) >= 11 is 0. The molecule has 3 heteroatoms. The predicted octanol–water partition coefficient (Wildman–Crippen LogP) is 5.46. The van der Waals surface area contributed by atoms with Gasteiger partial charge in [-0.3, -0.25) is 4.79 Å². The average Bonchev–Trinajstić information content (AvgIpc) is 3.37. The molecule has 1 heterocycles. The second-order valence-corrected chi connectivity index (χ2v) is 8.54. The van der Waals surface area contributed by atoms with Crippen LogP contribution in [0.25, 0.3) is 22.2 Å². The number of aromatic nitrogens is 1. The minimum atomic E-state index is 0.0195. The summed E-state index contributed by atoms with van der Waals surface area (Å²) < 4.78 is 0. The lowest BCUT2D eigenvalue weighted by Gasteiger charge is -2.28. The first-order valence-corrected chi connectivity index (χ1v) is 10.4. The molecule has 2 aliphatic rings. The normalized spacial score (nSPS) is 24.4. The maximum absolute atomic E-state index is 13.3. The number of hydrogen-bond donors (Lipinski definition) is 1. The number of carbonyl (C=O) groups is 1. The van der Waals surface area contributed by atoms with Crippen molar-refractivity contribution in [1.82, 2.24) is 10.3 Å². The number of nitrogens with one attached hydrogen (secondary N) is 1. The number of para-hydroxylation sites is 1. The van der Waals surface area contributed by atoms with Crippen molar-refractivity contribution >= 4 is 16.8 Å². The van der Waals surface area contributed by atoms with Crippen LogP contribution in [0.15, 0.2) is 60.7 Å². The third-order valence-electron chi connectivity index (χ3n) is 6.82. The van der Waals surface area contributed by atoms with E-state index in [1.807, 2.05) is 60.7 Å². The molecule has 4 atom stereocenters. The van der Waals surface area contributed by atoms with Gasteiger partial charge in [-0.15, -0.1) is 0 Å². The van der Waals surface area contributed by atoms with Crippen molar-refractivity contribution in [2.45, 2.75) is 38.6 Å². The first-order valence-electron chi connectivity index (χ1n) is 10.4. The number of amides is 1. The Bertz CT molecular complexity index is 1010. The molecule has 1 N–H and O–H groups in total. The van der Waals surface area contributed by atoms with E-state index in [-0.39, 0.29) is 11.9 Å². The predicted molar refractivity (Wildman–Crippen MR) is 113 cm³/mol. The van der Waals surface area contributed by atoms with E-state index in [0.29, 0.717) is 5.92 Å². The number of hydrogen-bond acceptors (Lipinski definition) is 2. The molecule has 1 amide bonds. The van der Waals surface area contributed by atoms with Gasteiger partial charge in [0.05, 0.1) is 16.8 Å². The van der Waals surface area contributed by atoms with E-state index in [1.54, 1.807) is 0 Å². The molecule has 2 saturated carbocycles. The van der Waals surface area contributed by atoms with Crippen LogP contribution in [0.5, 0.6) is 0 Å². The molecule has 0 saturated heterocycles. The summed E-state index contributed by atoms with van der Waals surface area (Å²) in [4.78, 5) is 18.1. The summed E-state index contributed by atoms with van der Waals surface area (Å²) in [6.07, 6.45) is 5.36. The second-order valence-electron chi connectivity index (χ2n) is 8.54. The van der Waals surface area contributed by atoms with Gasteiger partial charge in [0.15, 0.2) is 0 Å². The monoisotopic (exact) mass is 370 g/mol. The van der Waals surface area contributed by atoms with Gasteiger partial charge < -0.3 is 5.32 Å². The largest absolute Gasteiger partial charge is 0.349 e. The Balaban J connectivity index is 1.48. The molecule has 2 fully saturated rings. The summed E-state index contributed by atoms with van der Waals surface area (Å²) in [5.74, 6) is 2.34. The molecule has 28 heavy (non-hydrogen) atoms. The lowest BCUT2D eigenvalue weighted by atomic mass is 9.84. The average molecular weight is 370 g/mol. The topological polar surface area (TPSA) is 42.0 Å². The van der Waals surface area contributed by atoms with Gasteiger partial charge in [-0.05, 0) is 56.1 Å². The maximum atomic E-state index is 13.3. The molecule has 2 bridgehead atoms. The lowest BCUT2D eigenvalue weighted by Crippen LogP contribution is -2.40. The minimum absolute atomic E-state index is 0.0195. The molecule has 0 aliphatic heterocycles. The smallest absolute Gasteiger partial charge is 0.252 e. The quantitative estimate of drug-likeness (QED) is 0.663. The lowest BCUT2D eigenvalue weighted by molar-refractivity contribution is 0.0917. The Morgan fingerprint density at radius 3 is 2.57 bits per heavy atom. The van der Waals surface area contributed by atoms with E-state index in [9.17, 15) is 4.79 Å². The Morgan fingerprint density at radius 2 is 1.82 bits per heavy atom. The zero-order chi connectivity index (χ0) is 19.1. The molecule has 0 spiro atoms. The number of rotatable bonds is 4. The van der Waals surface area contributed by atoms with E-state index in [1.165, 1.54) is 25.7 Å². The van der Waals surface area contributed by atoms with Gasteiger partial charge in [0.1, 0.15) is 0 Å². The van der Waals surface area contributed by atoms with Gasteiger partial charge in [-0.25, -0.2) is 4.98 Å². The molecule has 4 unspecified atom stereocenters. The zero-order valence-corrected chi connectivity index (χ0v) is 16.3. The van der Waals surface area contributed by atoms with E-state index in [2.05, 4.69) is 12.2 Å². The highest BCUT2D eigenvalue weighted by atomic mass is 16.1. The zero-order valence-electron chi connectivity index (χ0n) is 16.3. The van der Waals surface area contributed by atoms with Gasteiger partial charge in [0.2, 0.25) is 0 Å². The highest BCUT2D eigenvalue weighted by Crippen LogP contribution is 2.49. The highest BCUT2D eigenvalue weighted by molar-refractivity contribution is 6.07. The Labute approximate surface area is 166 Å². The molecule has 142 valence electrons. The van der Waals surface area contributed by atoms with E-state index >= 15 is 0 Å². The highest BCUT2D eigenvalue weighted by Gasteiger charge is 2.42. The first-order chi connectivity index (χ1) is 13.7. The van der Waals surface area contributed by atoms with Crippen molar-refractivity contribution in [3.05, 3.63) is 66.2 Å². The maximum Gasteiger partial charge on any atom is 0.252 e. The van der Waals surface area contributed by atoms with Crippen LogP contribution in [-0.2, 0) is 0 Å². The van der Waals surface area contributed by atoms with Crippen molar-refractivity contribution in [1.29, 1.82) is 0 Å². The van der Waals surface area contributed by atoms with E-state index in [0.717, 1.165) is 39.6 Å². The number of benzene rings is 2. The van der Waals surface area contributed by atoms with E-state index in [4.69, 9.17) is 4.98 Å². The Kier molecular flexibility index (Phi) is 4.38. The molecule has 0 radical (unpaired) electrons. The summed E-state index contributed by atoms with van der Waals surface area (Å²) in [7, 11) is 0. The van der Waals surface area contributed by atoms with Crippen molar-refractivity contribution in [2.24, 2.45) is 17.8 Å². The van der Waals surface area contributed by atoms with Crippen LogP contribution >= 0.6 is 0 Å². The number of nitrogens with zero attached hydrogens (tertiary/aromatic N) is 1. The van der Waals surface area contributed by atoms with Crippen LogP contribution in [0, 0.1) is 17.8 Å². The van der Waals surface area contributed by atoms with Crippen LogP contribution in [0.3, 0.4) is 0 Å². The van der Waals surface area contributed by atoms with E-state index < -0.39 is 0 Å². The van der Waals surface area contributed by atoms with Gasteiger partial charge in [0.25, 0.3) is 5.91 Å². The summed E-state index contributed by atoms with van der Waals surface area (Å²) in [5, 5.41) is 4.24. The van der Waals surface area contributed by atoms with Crippen LogP contribution in [-0.4, -0.2) is 16.9 Å². The molecule has 2 aliphatic carbocycles.